The van der Waals surface area contributed by atoms with Crippen LogP contribution in [0.3, 0.4) is 0 Å². The van der Waals surface area contributed by atoms with Gasteiger partial charge in [-0.1, -0.05) is 18.5 Å². The Labute approximate surface area is 100 Å². The monoisotopic (exact) mass is 238 g/mol. The maximum absolute atomic E-state index is 11.9. The molecule has 3 nitrogen and oxygen atoms in total. The summed E-state index contributed by atoms with van der Waals surface area (Å²) in [5.41, 5.74) is 0.397. The zero-order valence-electron chi connectivity index (χ0n) is 9.29. The highest BCUT2D eigenvalue weighted by molar-refractivity contribution is 6.30. The van der Waals surface area contributed by atoms with E-state index in [2.05, 4.69) is 17.2 Å². The predicted octanol–water partition coefficient (Wildman–Crippen LogP) is 2.80. The summed E-state index contributed by atoms with van der Waals surface area (Å²) in [6.07, 6.45) is 5.85. The zero-order chi connectivity index (χ0) is 11.6. The molecule has 0 atom stereocenters. The number of carbonyl (C=O) groups excluding carboxylic acids is 1. The highest BCUT2D eigenvalue weighted by Gasteiger charge is 2.36. The maximum Gasteiger partial charge on any atom is 0.270 e. The number of halogens is 1. The standard InChI is InChI=1S/C12H15ClN2O/c1-2-12(5-3-6-12)15-11(16)10-8-9(13)4-7-14-10/h4,7-8H,2-3,5-6H2,1H3,(H,15,16). The molecule has 0 bridgehead atoms. The van der Waals surface area contributed by atoms with Crippen LogP contribution in [0.1, 0.15) is 43.1 Å². The summed E-state index contributed by atoms with van der Waals surface area (Å²) >= 11 is 5.82. The second kappa shape index (κ2) is 4.42. The van der Waals surface area contributed by atoms with Crippen LogP contribution in [0.25, 0.3) is 0 Å². The maximum atomic E-state index is 11.9. The Bertz CT molecular complexity index is 396. The van der Waals surface area contributed by atoms with Gasteiger partial charge >= 0.3 is 0 Å². The molecule has 4 heteroatoms. The van der Waals surface area contributed by atoms with E-state index in [-0.39, 0.29) is 11.4 Å². The van der Waals surface area contributed by atoms with Crippen molar-refractivity contribution in [3.8, 4) is 0 Å². The van der Waals surface area contributed by atoms with Gasteiger partial charge in [-0.2, -0.15) is 0 Å². The SMILES string of the molecule is CCC1(NC(=O)c2cc(Cl)ccn2)CCC1. The van der Waals surface area contributed by atoms with Crippen LogP contribution in [0, 0.1) is 0 Å². The Kier molecular flexibility index (Phi) is 3.15. The second-order valence-corrected chi connectivity index (χ2v) is 4.74. The summed E-state index contributed by atoms with van der Waals surface area (Å²) < 4.78 is 0. The highest BCUT2D eigenvalue weighted by atomic mass is 35.5. The van der Waals surface area contributed by atoms with Crippen LogP contribution < -0.4 is 5.32 Å². The number of amides is 1. The van der Waals surface area contributed by atoms with Crippen LogP contribution in [-0.4, -0.2) is 16.4 Å². The Hall–Kier alpha value is -1.09. The fraction of sp³-hybridized carbons (Fsp3) is 0.500. The largest absolute Gasteiger partial charge is 0.345 e. The molecular formula is C12H15ClN2O. The molecule has 1 aliphatic rings. The van der Waals surface area contributed by atoms with E-state index in [0.29, 0.717) is 10.7 Å². The van der Waals surface area contributed by atoms with E-state index >= 15 is 0 Å². The average Bonchev–Trinajstić information content (AvgIpc) is 2.23. The lowest BCUT2D eigenvalue weighted by Gasteiger charge is -2.41. The van der Waals surface area contributed by atoms with E-state index in [1.165, 1.54) is 6.42 Å². The summed E-state index contributed by atoms with van der Waals surface area (Å²) in [4.78, 5) is 16.0. The van der Waals surface area contributed by atoms with E-state index in [0.717, 1.165) is 19.3 Å². The lowest BCUT2D eigenvalue weighted by Crippen LogP contribution is -2.53. The predicted molar refractivity (Wildman–Crippen MR) is 63.6 cm³/mol. The molecule has 0 spiro atoms. The number of pyridine rings is 1. The summed E-state index contributed by atoms with van der Waals surface area (Å²) in [7, 11) is 0. The second-order valence-electron chi connectivity index (χ2n) is 4.30. The number of rotatable bonds is 3. The minimum absolute atomic E-state index is 0.00107. The molecule has 1 aromatic rings. The molecule has 1 heterocycles. The smallest absolute Gasteiger partial charge is 0.270 e. The fourth-order valence-corrected chi connectivity index (χ4v) is 2.16. The molecule has 1 aliphatic carbocycles. The van der Waals surface area contributed by atoms with Crippen molar-refractivity contribution in [2.75, 3.05) is 0 Å². The number of nitrogens with one attached hydrogen (secondary N) is 1. The lowest BCUT2D eigenvalue weighted by molar-refractivity contribution is 0.0815. The Morgan fingerprint density at radius 1 is 1.62 bits per heavy atom. The first-order valence-corrected chi connectivity index (χ1v) is 5.97. The molecule has 1 N–H and O–H groups in total. The van der Waals surface area contributed by atoms with Crippen molar-refractivity contribution in [1.29, 1.82) is 0 Å². The van der Waals surface area contributed by atoms with Gasteiger partial charge in [0.2, 0.25) is 0 Å². The topological polar surface area (TPSA) is 42.0 Å². The molecule has 1 amide bonds. The van der Waals surface area contributed by atoms with Gasteiger partial charge in [-0.05, 0) is 37.8 Å². The molecular weight excluding hydrogens is 224 g/mol. The van der Waals surface area contributed by atoms with Crippen molar-refractivity contribution in [2.24, 2.45) is 0 Å². The van der Waals surface area contributed by atoms with Gasteiger partial charge in [0, 0.05) is 16.8 Å². The van der Waals surface area contributed by atoms with Crippen LogP contribution in [0.2, 0.25) is 5.02 Å². The number of aromatic nitrogens is 1. The van der Waals surface area contributed by atoms with Gasteiger partial charge in [0.15, 0.2) is 0 Å². The molecule has 86 valence electrons. The summed E-state index contributed by atoms with van der Waals surface area (Å²) in [6.45, 7) is 2.10. The van der Waals surface area contributed by atoms with E-state index in [4.69, 9.17) is 11.6 Å². The quantitative estimate of drug-likeness (QED) is 0.880. The summed E-state index contributed by atoms with van der Waals surface area (Å²) in [5, 5.41) is 3.60. The third kappa shape index (κ3) is 2.19. The van der Waals surface area contributed by atoms with E-state index < -0.39 is 0 Å². The molecule has 0 unspecified atom stereocenters. The fourth-order valence-electron chi connectivity index (χ4n) is 2.00. The van der Waals surface area contributed by atoms with E-state index in [1.807, 2.05) is 0 Å². The van der Waals surface area contributed by atoms with Crippen LogP contribution in [0.4, 0.5) is 0 Å². The molecule has 2 rings (SSSR count). The third-order valence-electron chi connectivity index (χ3n) is 3.32. The number of nitrogens with zero attached hydrogens (tertiary/aromatic N) is 1. The van der Waals surface area contributed by atoms with Crippen LogP contribution in [-0.2, 0) is 0 Å². The van der Waals surface area contributed by atoms with Crippen molar-refractivity contribution < 1.29 is 4.79 Å². The average molecular weight is 239 g/mol. The first-order chi connectivity index (χ1) is 7.65. The van der Waals surface area contributed by atoms with Gasteiger partial charge in [-0.15, -0.1) is 0 Å². The number of hydrogen-bond donors (Lipinski definition) is 1. The Morgan fingerprint density at radius 2 is 2.38 bits per heavy atom. The van der Waals surface area contributed by atoms with Crippen molar-refractivity contribution in [1.82, 2.24) is 10.3 Å². The molecule has 0 saturated heterocycles. The minimum Gasteiger partial charge on any atom is -0.345 e. The zero-order valence-corrected chi connectivity index (χ0v) is 10.0. The van der Waals surface area contributed by atoms with Crippen LogP contribution in [0.5, 0.6) is 0 Å². The van der Waals surface area contributed by atoms with Crippen LogP contribution in [0.15, 0.2) is 18.3 Å². The van der Waals surface area contributed by atoms with Gasteiger partial charge in [0.05, 0.1) is 0 Å². The van der Waals surface area contributed by atoms with Crippen molar-refractivity contribution in [3.63, 3.8) is 0 Å². The summed E-state index contributed by atoms with van der Waals surface area (Å²) in [5.74, 6) is -0.121. The van der Waals surface area contributed by atoms with Gasteiger partial charge in [-0.3, -0.25) is 9.78 Å². The molecule has 1 fully saturated rings. The van der Waals surface area contributed by atoms with E-state index in [1.54, 1.807) is 18.3 Å². The van der Waals surface area contributed by atoms with Gasteiger partial charge in [-0.25, -0.2) is 0 Å². The Morgan fingerprint density at radius 3 is 2.88 bits per heavy atom. The van der Waals surface area contributed by atoms with E-state index in [9.17, 15) is 4.79 Å². The van der Waals surface area contributed by atoms with Gasteiger partial charge in [0.1, 0.15) is 5.69 Å². The lowest BCUT2D eigenvalue weighted by atomic mass is 9.75. The first kappa shape index (κ1) is 11.4. The molecule has 0 radical (unpaired) electrons. The van der Waals surface area contributed by atoms with Crippen LogP contribution >= 0.6 is 11.6 Å². The Balaban J connectivity index is 2.08. The van der Waals surface area contributed by atoms with Gasteiger partial charge < -0.3 is 5.32 Å². The highest BCUT2D eigenvalue weighted by Crippen LogP contribution is 2.34. The number of hydrogen-bond acceptors (Lipinski definition) is 2. The van der Waals surface area contributed by atoms with Crippen molar-refractivity contribution in [3.05, 3.63) is 29.0 Å². The molecule has 0 aromatic carbocycles. The normalized spacial score (nSPS) is 17.6. The van der Waals surface area contributed by atoms with Gasteiger partial charge in [0.25, 0.3) is 5.91 Å². The minimum atomic E-state index is -0.121. The molecule has 0 aliphatic heterocycles. The number of carbonyl (C=O) groups is 1. The molecule has 1 saturated carbocycles. The molecule has 1 aromatic heterocycles. The molecule has 16 heavy (non-hydrogen) atoms. The van der Waals surface area contributed by atoms with Crippen molar-refractivity contribution in [2.45, 2.75) is 38.1 Å². The first-order valence-electron chi connectivity index (χ1n) is 5.59. The third-order valence-corrected chi connectivity index (χ3v) is 3.56. The summed E-state index contributed by atoms with van der Waals surface area (Å²) in [6, 6.07) is 3.26. The van der Waals surface area contributed by atoms with Crippen molar-refractivity contribution >= 4 is 17.5 Å².